The summed E-state index contributed by atoms with van der Waals surface area (Å²) in [7, 11) is 1.64. The number of hydrogen-bond donors (Lipinski definition) is 2. The van der Waals surface area contributed by atoms with Crippen LogP contribution in [0.3, 0.4) is 0 Å². The molecular weight excluding hydrogens is 304 g/mol. The first-order valence-electron chi connectivity index (χ1n) is 8.16. The summed E-state index contributed by atoms with van der Waals surface area (Å²) in [5.74, 6) is 0.990. The minimum Gasteiger partial charge on any atom is -0.496 e. The minimum absolute atomic E-state index is 0.227. The molecule has 24 heavy (non-hydrogen) atoms. The standard InChI is InChI=1S/C19H22N2O3/c1-24-18-9-8-14(13-21-10-3-2-7-19(21)22)11-17(18)15-5-4-6-16(12-15)20-23/h4-6,8-9,11-12,20,23H,2-3,7,10,13H2,1H3. The number of nitrogens with one attached hydrogen (secondary N) is 1. The van der Waals surface area contributed by atoms with E-state index >= 15 is 0 Å². The molecule has 5 heteroatoms. The smallest absolute Gasteiger partial charge is 0.222 e. The molecule has 1 fully saturated rings. The van der Waals surface area contributed by atoms with Gasteiger partial charge in [-0.25, -0.2) is 0 Å². The van der Waals surface area contributed by atoms with Crippen molar-refractivity contribution in [3.63, 3.8) is 0 Å². The second-order valence-electron chi connectivity index (χ2n) is 6.00. The van der Waals surface area contributed by atoms with Crippen LogP contribution in [0.1, 0.15) is 24.8 Å². The van der Waals surface area contributed by atoms with Crippen LogP contribution in [0.25, 0.3) is 11.1 Å². The van der Waals surface area contributed by atoms with Crippen LogP contribution in [0.15, 0.2) is 42.5 Å². The van der Waals surface area contributed by atoms with Crippen LogP contribution in [0.5, 0.6) is 5.75 Å². The molecule has 2 aromatic carbocycles. The molecule has 0 spiro atoms. The molecule has 0 atom stereocenters. The first-order valence-corrected chi connectivity index (χ1v) is 8.16. The maximum atomic E-state index is 12.0. The summed E-state index contributed by atoms with van der Waals surface area (Å²) in [6.07, 6.45) is 2.70. The molecule has 1 heterocycles. The van der Waals surface area contributed by atoms with Crippen molar-refractivity contribution in [2.75, 3.05) is 19.1 Å². The second kappa shape index (κ2) is 7.36. The van der Waals surface area contributed by atoms with Gasteiger partial charge in [-0.1, -0.05) is 18.2 Å². The van der Waals surface area contributed by atoms with Gasteiger partial charge in [-0.05, 0) is 48.2 Å². The van der Waals surface area contributed by atoms with E-state index in [2.05, 4.69) is 11.5 Å². The lowest BCUT2D eigenvalue weighted by molar-refractivity contribution is -0.133. The van der Waals surface area contributed by atoms with E-state index in [-0.39, 0.29) is 5.91 Å². The fraction of sp³-hybridized carbons (Fsp3) is 0.316. The highest BCUT2D eigenvalue weighted by Crippen LogP contribution is 2.32. The van der Waals surface area contributed by atoms with Gasteiger partial charge in [-0.3, -0.25) is 15.5 Å². The average molecular weight is 326 g/mol. The third kappa shape index (κ3) is 3.51. The SMILES string of the molecule is COc1ccc(CN2CCCCC2=O)cc1-c1cccc(NO)c1. The van der Waals surface area contributed by atoms with Crippen molar-refractivity contribution in [3.8, 4) is 16.9 Å². The van der Waals surface area contributed by atoms with Gasteiger partial charge in [0.05, 0.1) is 12.8 Å². The maximum absolute atomic E-state index is 12.0. The lowest BCUT2D eigenvalue weighted by Crippen LogP contribution is -2.34. The molecule has 0 aliphatic carbocycles. The molecular formula is C19H22N2O3. The van der Waals surface area contributed by atoms with Crippen molar-refractivity contribution >= 4 is 11.6 Å². The number of carbonyl (C=O) groups excluding carboxylic acids is 1. The van der Waals surface area contributed by atoms with E-state index in [0.717, 1.165) is 41.8 Å². The van der Waals surface area contributed by atoms with E-state index in [1.807, 2.05) is 35.2 Å². The lowest BCUT2D eigenvalue weighted by Gasteiger charge is -2.27. The Morgan fingerprint density at radius 2 is 2.08 bits per heavy atom. The van der Waals surface area contributed by atoms with E-state index in [1.165, 1.54) is 0 Å². The van der Waals surface area contributed by atoms with E-state index in [0.29, 0.717) is 18.7 Å². The summed E-state index contributed by atoms with van der Waals surface area (Å²) < 4.78 is 5.48. The number of likely N-dealkylation sites (tertiary alicyclic amines) is 1. The topological polar surface area (TPSA) is 61.8 Å². The summed E-state index contributed by atoms with van der Waals surface area (Å²) in [4.78, 5) is 13.9. The second-order valence-corrected chi connectivity index (χ2v) is 6.00. The Balaban J connectivity index is 1.91. The number of nitrogens with zero attached hydrogens (tertiary/aromatic N) is 1. The number of anilines is 1. The van der Waals surface area contributed by atoms with E-state index in [9.17, 15) is 4.79 Å². The van der Waals surface area contributed by atoms with Gasteiger partial charge >= 0.3 is 0 Å². The lowest BCUT2D eigenvalue weighted by atomic mass is 10.0. The van der Waals surface area contributed by atoms with Gasteiger partial charge in [-0.15, -0.1) is 0 Å². The number of benzene rings is 2. The molecule has 1 amide bonds. The summed E-state index contributed by atoms with van der Waals surface area (Å²) in [6.45, 7) is 1.44. The Morgan fingerprint density at radius 3 is 2.83 bits per heavy atom. The van der Waals surface area contributed by atoms with Gasteiger partial charge in [0.15, 0.2) is 0 Å². The number of hydrogen-bond acceptors (Lipinski definition) is 4. The van der Waals surface area contributed by atoms with Crippen LogP contribution >= 0.6 is 0 Å². The van der Waals surface area contributed by atoms with Gasteiger partial charge in [-0.2, -0.15) is 0 Å². The number of methoxy groups -OCH3 is 1. The molecule has 1 aliphatic rings. The van der Waals surface area contributed by atoms with Crippen molar-refractivity contribution in [3.05, 3.63) is 48.0 Å². The summed E-state index contributed by atoms with van der Waals surface area (Å²) in [5.41, 5.74) is 5.74. The Bertz CT molecular complexity index is 730. The summed E-state index contributed by atoms with van der Waals surface area (Å²) in [6, 6.07) is 13.5. The minimum atomic E-state index is 0.227. The van der Waals surface area contributed by atoms with Crippen LogP contribution in [0, 0.1) is 0 Å². The van der Waals surface area contributed by atoms with Crippen LogP contribution in [-0.2, 0) is 11.3 Å². The quantitative estimate of drug-likeness (QED) is 0.823. The molecule has 0 radical (unpaired) electrons. The van der Waals surface area contributed by atoms with Gasteiger partial charge in [0.25, 0.3) is 0 Å². The highest BCUT2D eigenvalue weighted by atomic mass is 16.5. The Morgan fingerprint density at radius 1 is 1.21 bits per heavy atom. The predicted octanol–water partition coefficient (Wildman–Crippen LogP) is 3.68. The average Bonchev–Trinajstić information content (AvgIpc) is 2.63. The third-order valence-electron chi connectivity index (χ3n) is 4.36. The molecule has 2 aromatic rings. The highest BCUT2D eigenvalue weighted by Gasteiger charge is 2.18. The maximum Gasteiger partial charge on any atom is 0.222 e. The molecule has 0 unspecified atom stereocenters. The normalized spacial score (nSPS) is 14.6. The summed E-state index contributed by atoms with van der Waals surface area (Å²) >= 11 is 0. The number of amides is 1. The fourth-order valence-electron chi connectivity index (χ4n) is 3.08. The van der Waals surface area contributed by atoms with Gasteiger partial charge < -0.3 is 9.64 Å². The molecule has 2 N–H and O–H groups in total. The van der Waals surface area contributed by atoms with E-state index in [4.69, 9.17) is 9.94 Å². The Kier molecular flexibility index (Phi) is 5.01. The van der Waals surface area contributed by atoms with Crippen LogP contribution in [0.2, 0.25) is 0 Å². The molecule has 3 rings (SSSR count). The predicted molar refractivity (Wildman–Crippen MR) is 93.1 cm³/mol. The van der Waals surface area contributed by atoms with Crippen LogP contribution in [-0.4, -0.2) is 29.7 Å². The molecule has 0 bridgehead atoms. The van der Waals surface area contributed by atoms with Crippen LogP contribution in [0.4, 0.5) is 5.69 Å². The van der Waals surface area contributed by atoms with E-state index in [1.54, 1.807) is 13.2 Å². The number of piperidine rings is 1. The van der Waals surface area contributed by atoms with E-state index < -0.39 is 0 Å². The first kappa shape index (κ1) is 16.3. The van der Waals surface area contributed by atoms with Crippen molar-refractivity contribution in [2.45, 2.75) is 25.8 Å². The molecule has 1 aliphatic heterocycles. The zero-order valence-corrected chi connectivity index (χ0v) is 13.8. The van der Waals surface area contributed by atoms with Crippen molar-refractivity contribution in [2.24, 2.45) is 0 Å². The Labute approximate surface area is 141 Å². The zero-order valence-electron chi connectivity index (χ0n) is 13.8. The zero-order chi connectivity index (χ0) is 16.9. The van der Waals surface area contributed by atoms with Gasteiger partial charge in [0.2, 0.25) is 5.91 Å². The molecule has 0 saturated carbocycles. The number of ether oxygens (including phenoxy) is 1. The van der Waals surface area contributed by atoms with Gasteiger partial charge in [0.1, 0.15) is 5.75 Å². The molecule has 5 nitrogen and oxygen atoms in total. The van der Waals surface area contributed by atoms with Crippen molar-refractivity contribution < 1.29 is 14.7 Å². The third-order valence-corrected chi connectivity index (χ3v) is 4.36. The van der Waals surface area contributed by atoms with Crippen LogP contribution < -0.4 is 10.2 Å². The summed E-state index contributed by atoms with van der Waals surface area (Å²) in [5, 5.41) is 9.11. The van der Waals surface area contributed by atoms with Crippen molar-refractivity contribution in [1.82, 2.24) is 4.90 Å². The fourth-order valence-corrected chi connectivity index (χ4v) is 3.08. The highest BCUT2D eigenvalue weighted by molar-refractivity contribution is 5.77. The monoisotopic (exact) mass is 326 g/mol. The van der Waals surface area contributed by atoms with Gasteiger partial charge in [0, 0.05) is 25.1 Å². The molecule has 0 aromatic heterocycles. The Hall–Kier alpha value is -2.53. The largest absolute Gasteiger partial charge is 0.496 e. The molecule has 1 saturated heterocycles. The number of rotatable bonds is 5. The number of carbonyl (C=O) groups is 1. The first-order chi connectivity index (χ1) is 11.7. The van der Waals surface area contributed by atoms with Crippen molar-refractivity contribution in [1.29, 1.82) is 0 Å². The molecule has 126 valence electrons.